The lowest BCUT2D eigenvalue weighted by Gasteiger charge is -2.29. The van der Waals surface area contributed by atoms with Crippen LogP contribution in [-0.4, -0.2) is 0 Å². The minimum absolute atomic E-state index is 0.372. The molecular formula is C27H32ClF. The SMILES string of the molecule is CCCCCCCC1CCC(c2ccc(C#Cc3ccc(Cl)cc3F)cc2)CC1. The van der Waals surface area contributed by atoms with Crippen molar-refractivity contribution in [1.82, 2.24) is 0 Å². The maximum absolute atomic E-state index is 13.8. The summed E-state index contributed by atoms with van der Waals surface area (Å²) in [5.74, 6) is 7.22. The van der Waals surface area contributed by atoms with Crippen molar-refractivity contribution in [2.75, 3.05) is 0 Å². The molecule has 0 amide bonds. The molecule has 0 unspecified atom stereocenters. The van der Waals surface area contributed by atoms with Gasteiger partial charge in [-0.2, -0.15) is 0 Å². The first-order valence-electron chi connectivity index (χ1n) is 11.2. The minimum Gasteiger partial charge on any atom is -0.206 e. The van der Waals surface area contributed by atoms with Gasteiger partial charge < -0.3 is 0 Å². The Morgan fingerprint density at radius 2 is 1.62 bits per heavy atom. The van der Waals surface area contributed by atoms with Gasteiger partial charge in [0.05, 0.1) is 5.56 Å². The summed E-state index contributed by atoms with van der Waals surface area (Å²) >= 11 is 5.79. The highest BCUT2D eigenvalue weighted by Gasteiger charge is 2.21. The molecule has 29 heavy (non-hydrogen) atoms. The minimum atomic E-state index is -0.372. The normalized spacial score (nSPS) is 18.9. The molecule has 0 heterocycles. The molecule has 0 aromatic heterocycles. The fourth-order valence-corrected chi connectivity index (χ4v) is 4.55. The van der Waals surface area contributed by atoms with Gasteiger partial charge in [-0.1, -0.05) is 81.0 Å². The lowest BCUT2D eigenvalue weighted by molar-refractivity contribution is 0.302. The zero-order chi connectivity index (χ0) is 20.5. The molecule has 1 fully saturated rings. The van der Waals surface area contributed by atoms with Gasteiger partial charge in [0.15, 0.2) is 0 Å². The van der Waals surface area contributed by atoms with Crippen molar-refractivity contribution in [2.45, 2.75) is 77.0 Å². The number of unbranched alkanes of at least 4 members (excludes halogenated alkanes) is 4. The quantitative estimate of drug-likeness (QED) is 0.317. The molecule has 154 valence electrons. The van der Waals surface area contributed by atoms with E-state index in [0.717, 1.165) is 11.5 Å². The second-order valence-corrected chi connectivity index (χ2v) is 8.85. The van der Waals surface area contributed by atoms with Crippen molar-refractivity contribution < 1.29 is 4.39 Å². The van der Waals surface area contributed by atoms with Gasteiger partial charge in [-0.05, 0) is 73.4 Å². The lowest BCUT2D eigenvalue weighted by atomic mass is 9.77. The van der Waals surface area contributed by atoms with Gasteiger partial charge in [-0.15, -0.1) is 0 Å². The van der Waals surface area contributed by atoms with Crippen molar-refractivity contribution in [2.24, 2.45) is 5.92 Å². The molecule has 2 heteroatoms. The van der Waals surface area contributed by atoms with Crippen LogP contribution in [0.15, 0.2) is 42.5 Å². The summed E-state index contributed by atoms with van der Waals surface area (Å²) in [6.07, 6.45) is 13.7. The average Bonchev–Trinajstić information content (AvgIpc) is 2.74. The molecule has 2 aromatic carbocycles. The maximum Gasteiger partial charge on any atom is 0.140 e. The van der Waals surface area contributed by atoms with Crippen molar-refractivity contribution in [1.29, 1.82) is 0 Å². The molecule has 2 aromatic rings. The van der Waals surface area contributed by atoms with E-state index < -0.39 is 0 Å². The van der Waals surface area contributed by atoms with E-state index in [0.29, 0.717) is 16.5 Å². The van der Waals surface area contributed by atoms with E-state index in [4.69, 9.17) is 11.6 Å². The Kier molecular flexibility index (Phi) is 8.63. The van der Waals surface area contributed by atoms with Gasteiger partial charge in [-0.25, -0.2) is 4.39 Å². The first kappa shape index (κ1) is 21.9. The van der Waals surface area contributed by atoms with Crippen LogP contribution in [-0.2, 0) is 0 Å². The Hall–Kier alpha value is -1.78. The smallest absolute Gasteiger partial charge is 0.140 e. The molecule has 0 bridgehead atoms. The fourth-order valence-electron chi connectivity index (χ4n) is 4.39. The first-order chi connectivity index (χ1) is 14.2. The Bertz CT molecular complexity index is 820. The van der Waals surface area contributed by atoms with Crippen LogP contribution >= 0.6 is 11.6 Å². The topological polar surface area (TPSA) is 0 Å². The van der Waals surface area contributed by atoms with E-state index in [-0.39, 0.29) is 5.82 Å². The summed E-state index contributed by atoms with van der Waals surface area (Å²) in [6, 6.07) is 13.1. The number of halogens is 2. The van der Waals surface area contributed by atoms with Crippen LogP contribution in [0.2, 0.25) is 5.02 Å². The van der Waals surface area contributed by atoms with Crippen molar-refractivity contribution in [3.63, 3.8) is 0 Å². The molecule has 0 nitrogen and oxygen atoms in total. The Balaban J connectivity index is 1.48. The van der Waals surface area contributed by atoms with Crippen LogP contribution < -0.4 is 0 Å². The maximum atomic E-state index is 13.8. The molecule has 0 N–H and O–H groups in total. The number of hydrogen-bond donors (Lipinski definition) is 0. The highest BCUT2D eigenvalue weighted by molar-refractivity contribution is 6.30. The summed E-state index contributed by atoms with van der Waals surface area (Å²) in [5.41, 5.74) is 2.73. The Labute approximate surface area is 180 Å². The summed E-state index contributed by atoms with van der Waals surface area (Å²) in [5, 5.41) is 0.392. The van der Waals surface area contributed by atoms with Gasteiger partial charge in [0.2, 0.25) is 0 Å². The third-order valence-corrected chi connectivity index (χ3v) is 6.45. The molecule has 0 saturated heterocycles. The average molecular weight is 411 g/mol. The van der Waals surface area contributed by atoms with Crippen molar-refractivity contribution in [3.05, 3.63) is 70.0 Å². The third-order valence-electron chi connectivity index (χ3n) is 6.22. The molecule has 0 spiro atoms. The second-order valence-electron chi connectivity index (χ2n) is 8.42. The van der Waals surface area contributed by atoms with Gasteiger partial charge in [0, 0.05) is 10.6 Å². The first-order valence-corrected chi connectivity index (χ1v) is 11.6. The van der Waals surface area contributed by atoms with E-state index >= 15 is 0 Å². The van der Waals surface area contributed by atoms with Gasteiger partial charge in [-0.3, -0.25) is 0 Å². The van der Waals surface area contributed by atoms with E-state index in [1.54, 1.807) is 12.1 Å². The van der Waals surface area contributed by atoms with Crippen LogP contribution in [0.5, 0.6) is 0 Å². The summed E-state index contributed by atoms with van der Waals surface area (Å²) < 4.78 is 13.8. The van der Waals surface area contributed by atoms with E-state index in [9.17, 15) is 4.39 Å². The zero-order valence-corrected chi connectivity index (χ0v) is 18.3. The molecule has 1 saturated carbocycles. The Morgan fingerprint density at radius 1 is 0.897 bits per heavy atom. The van der Waals surface area contributed by atoms with E-state index in [2.05, 4.69) is 43.0 Å². The number of rotatable bonds is 7. The molecule has 1 aliphatic carbocycles. The lowest BCUT2D eigenvalue weighted by Crippen LogP contribution is -2.13. The standard InChI is InChI=1S/C27H32ClF/c1-2-3-4-5-6-7-21-8-13-23(14-9-21)24-15-10-22(11-16-24)12-17-25-18-19-26(28)20-27(25)29/h10-11,15-16,18-21,23H,2-9,13-14H2,1H3. The fraction of sp³-hybridized carbons (Fsp3) is 0.481. The monoisotopic (exact) mass is 410 g/mol. The van der Waals surface area contributed by atoms with Gasteiger partial charge >= 0.3 is 0 Å². The molecule has 0 radical (unpaired) electrons. The van der Waals surface area contributed by atoms with Crippen LogP contribution in [0.4, 0.5) is 4.39 Å². The van der Waals surface area contributed by atoms with E-state index in [1.807, 2.05) is 0 Å². The summed E-state index contributed by atoms with van der Waals surface area (Å²) in [6.45, 7) is 2.28. The second kappa shape index (κ2) is 11.4. The Morgan fingerprint density at radius 3 is 2.31 bits per heavy atom. The van der Waals surface area contributed by atoms with Crippen LogP contribution in [0.3, 0.4) is 0 Å². The van der Waals surface area contributed by atoms with Crippen LogP contribution in [0, 0.1) is 23.6 Å². The third kappa shape index (κ3) is 6.90. The largest absolute Gasteiger partial charge is 0.206 e. The zero-order valence-electron chi connectivity index (χ0n) is 17.5. The molecule has 1 aliphatic rings. The summed E-state index contributed by atoms with van der Waals surface area (Å²) in [7, 11) is 0. The molecule has 0 aliphatic heterocycles. The molecule has 3 rings (SSSR count). The van der Waals surface area contributed by atoms with E-state index in [1.165, 1.54) is 75.8 Å². The van der Waals surface area contributed by atoms with Crippen molar-refractivity contribution in [3.8, 4) is 11.8 Å². The summed E-state index contributed by atoms with van der Waals surface area (Å²) in [4.78, 5) is 0. The van der Waals surface area contributed by atoms with Crippen LogP contribution in [0.25, 0.3) is 0 Å². The highest BCUT2D eigenvalue weighted by atomic mass is 35.5. The number of benzene rings is 2. The predicted octanol–water partition coefficient (Wildman–Crippen LogP) is 8.51. The highest BCUT2D eigenvalue weighted by Crippen LogP contribution is 2.37. The molecular weight excluding hydrogens is 379 g/mol. The van der Waals surface area contributed by atoms with Gasteiger partial charge in [0.1, 0.15) is 5.82 Å². The predicted molar refractivity (Wildman–Crippen MR) is 122 cm³/mol. The van der Waals surface area contributed by atoms with Crippen LogP contribution in [0.1, 0.15) is 93.7 Å². The number of hydrogen-bond acceptors (Lipinski definition) is 0. The van der Waals surface area contributed by atoms with Crippen molar-refractivity contribution >= 4 is 11.6 Å². The van der Waals surface area contributed by atoms with Gasteiger partial charge in [0.25, 0.3) is 0 Å². The molecule has 0 atom stereocenters.